The van der Waals surface area contributed by atoms with Crippen LogP contribution in [-0.4, -0.2) is 4.89 Å². The molecular formula is C2H3Cl2O2P. The molecule has 1 unspecified atom stereocenters. The van der Waals surface area contributed by atoms with E-state index in [4.69, 9.17) is 28.1 Å². The third kappa shape index (κ3) is 3.12. The van der Waals surface area contributed by atoms with Crippen LogP contribution in [0, 0.1) is 0 Å². The number of hydrogen-bond acceptors (Lipinski definition) is 1. The van der Waals surface area contributed by atoms with Gasteiger partial charge in [0.05, 0.1) is 0 Å². The van der Waals surface area contributed by atoms with Gasteiger partial charge in [0.15, 0.2) is 0 Å². The molecule has 1 atom stereocenters. The molecule has 7 heavy (non-hydrogen) atoms. The molecule has 0 saturated carbocycles. The maximum Gasteiger partial charge on any atom is 0.230 e. The lowest BCUT2D eigenvalue weighted by Crippen LogP contribution is -1.52. The van der Waals surface area contributed by atoms with Gasteiger partial charge in [-0.25, -0.2) is 0 Å². The first-order chi connectivity index (χ1) is 3.18. The van der Waals surface area contributed by atoms with Crippen LogP contribution in [0.5, 0.6) is 0 Å². The van der Waals surface area contributed by atoms with Gasteiger partial charge in [0.1, 0.15) is 4.77 Å². The largest absolute Gasteiger partial charge is 0.342 e. The van der Waals surface area contributed by atoms with E-state index in [1.165, 1.54) is 0 Å². The molecule has 0 aliphatic rings. The smallest absolute Gasteiger partial charge is 0.230 e. The van der Waals surface area contributed by atoms with E-state index in [2.05, 4.69) is 0 Å². The fourth-order valence-electron chi connectivity index (χ4n) is 0.0467. The molecule has 0 aromatic carbocycles. The molecule has 0 fully saturated rings. The van der Waals surface area contributed by atoms with Crippen molar-refractivity contribution in [2.75, 3.05) is 0 Å². The Labute approximate surface area is 51.6 Å². The highest BCUT2D eigenvalue weighted by Crippen LogP contribution is 2.30. The Kier molecular flexibility index (Phi) is 3.76. The van der Waals surface area contributed by atoms with Gasteiger partial charge in [-0.15, -0.1) is 0 Å². The summed E-state index contributed by atoms with van der Waals surface area (Å²) in [5.41, 5.74) is 0.878. The number of hydrogen-bond donors (Lipinski definition) is 1. The summed E-state index contributed by atoms with van der Waals surface area (Å²) in [7, 11) is -2.72. The zero-order valence-corrected chi connectivity index (χ0v) is 5.70. The molecule has 0 aliphatic heterocycles. The SMILES string of the molecule is O=[PH](O)C(Cl)=CCl. The standard InChI is InChI=1S/C2H3Cl2O2P/c3-1-2(4)7(5)6/h1,7H,(H,5,6). The molecule has 42 valence electrons. The lowest BCUT2D eigenvalue weighted by molar-refractivity contribution is 0.511. The van der Waals surface area contributed by atoms with Crippen molar-refractivity contribution in [2.24, 2.45) is 0 Å². The van der Waals surface area contributed by atoms with Crippen LogP contribution >= 0.6 is 31.2 Å². The van der Waals surface area contributed by atoms with Crippen molar-refractivity contribution in [3.63, 3.8) is 0 Å². The van der Waals surface area contributed by atoms with Crippen LogP contribution in [-0.2, 0) is 4.57 Å². The van der Waals surface area contributed by atoms with E-state index in [0.717, 1.165) is 5.54 Å². The summed E-state index contributed by atoms with van der Waals surface area (Å²) in [5, 5.41) is 0. The van der Waals surface area contributed by atoms with Gasteiger partial charge in [0.2, 0.25) is 8.03 Å². The Bertz CT molecular complexity index is 110. The summed E-state index contributed by atoms with van der Waals surface area (Å²) in [6.07, 6.45) is 0. The monoisotopic (exact) mass is 160 g/mol. The van der Waals surface area contributed by atoms with E-state index in [1.807, 2.05) is 0 Å². The summed E-state index contributed by atoms with van der Waals surface area (Å²) >= 11 is 9.93. The van der Waals surface area contributed by atoms with Gasteiger partial charge in [-0.05, 0) is 0 Å². The van der Waals surface area contributed by atoms with Crippen LogP contribution in [0.3, 0.4) is 0 Å². The molecular weight excluding hydrogens is 158 g/mol. The van der Waals surface area contributed by atoms with Gasteiger partial charge in [0, 0.05) is 5.54 Å². The van der Waals surface area contributed by atoms with Crippen molar-refractivity contribution in [2.45, 2.75) is 0 Å². The molecule has 0 aromatic heterocycles. The Balaban J connectivity index is 3.82. The van der Waals surface area contributed by atoms with Crippen molar-refractivity contribution in [1.29, 1.82) is 0 Å². The normalized spacial score (nSPS) is 16.7. The maximum absolute atomic E-state index is 9.83. The zero-order chi connectivity index (χ0) is 5.86. The molecule has 0 amide bonds. The Morgan fingerprint density at radius 1 is 1.86 bits per heavy atom. The minimum atomic E-state index is -2.72. The van der Waals surface area contributed by atoms with Gasteiger partial charge in [-0.2, -0.15) is 0 Å². The molecule has 0 aromatic rings. The van der Waals surface area contributed by atoms with Crippen molar-refractivity contribution < 1.29 is 9.46 Å². The Morgan fingerprint density at radius 3 is 2.29 bits per heavy atom. The lowest BCUT2D eigenvalue weighted by atomic mass is 11.2. The van der Waals surface area contributed by atoms with Crippen LogP contribution in [0.25, 0.3) is 0 Å². The molecule has 0 aliphatic carbocycles. The van der Waals surface area contributed by atoms with Gasteiger partial charge in [-0.1, -0.05) is 23.2 Å². The van der Waals surface area contributed by atoms with E-state index in [1.54, 1.807) is 0 Å². The Morgan fingerprint density at radius 2 is 2.29 bits per heavy atom. The fourth-order valence-corrected chi connectivity index (χ4v) is 0.420. The number of halogens is 2. The summed E-state index contributed by atoms with van der Waals surface area (Å²) in [6, 6.07) is 0. The second kappa shape index (κ2) is 3.50. The molecule has 0 saturated heterocycles. The van der Waals surface area contributed by atoms with Crippen LogP contribution < -0.4 is 0 Å². The van der Waals surface area contributed by atoms with E-state index >= 15 is 0 Å². The van der Waals surface area contributed by atoms with Gasteiger partial charge >= 0.3 is 0 Å². The molecule has 0 spiro atoms. The highest BCUT2D eigenvalue weighted by molar-refractivity contribution is 7.46. The van der Waals surface area contributed by atoms with Crippen molar-refractivity contribution in [3.8, 4) is 0 Å². The second-order valence-corrected chi connectivity index (χ2v) is 2.85. The van der Waals surface area contributed by atoms with Crippen LogP contribution in [0.15, 0.2) is 10.3 Å². The Hall–Kier alpha value is 0.510. The van der Waals surface area contributed by atoms with E-state index in [-0.39, 0.29) is 4.77 Å². The van der Waals surface area contributed by atoms with Crippen molar-refractivity contribution in [3.05, 3.63) is 10.3 Å². The zero-order valence-electron chi connectivity index (χ0n) is 3.19. The first-order valence-corrected chi connectivity index (χ1v) is 3.54. The first-order valence-electron chi connectivity index (χ1n) is 1.37. The molecule has 5 heteroatoms. The van der Waals surface area contributed by atoms with Crippen LogP contribution in [0.1, 0.15) is 0 Å². The fraction of sp³-hybridized carbons (Fsp3) is 0. The maximum atomic E-state index is 9.83. The molecule has 0 heterocycles. The summed E-state index contributed by atoms with van der Waals surface area (Å²) < 4.78 is 9.64. The summed E-state index contributed by atoms with van der Waals surface area (Å²) in [4.78, 5) is 8.08. The van der Waals surface area contributed by atoms with E-state index in [0.29, 0.717) is 0 Å². The van der Waals surface area contributed by atoms with Gasteiger partial charge in [-0.3, -0.25) is 4.57 Å². The van der Waals surface area contributed by atoms with Gasteiger partial charge < -0.3 is 4.89 Å². The molecule has 0 bridgehead atoms. The van der Waals surface area contributed by atoms with Gasteiger partial charge in [0.25, 0.3) is 0 Å². The lowest BCUT2D eigenvalue weighted by Gasteiger charge is -1.82. The molecule has 0 rings (SSSR count). The van der Waals surface area contributed by atoms with Crippen molar-refractivity contribution in [1.82, 2.24) is 0 Å². The average Bonchev–Trinajstić information content (AvgIpc) is 1.65. The first kappa shape index (κ1) is 7.51. The highest BCUT2D eigenvalue weighted by atomic mass is 35.5. The average molecular weight is 161 g/mol. The molecule has 0 radical (unpaired) electrons. The number of rotatable bonds is 1. The summed E-state index contributed by atoms with van der Waals surface area (Å²) in [5.74, 6) is 0. The van der Waals surface area contributed by atoms with Crippen LogP contribution in [0.2, 0.25) is 0 Å². The van der Waals surface area contributed by atoms with E-state index in [9.17, 15) is 4.57 Å². The highest BCUT2D eigenvalue weighted by Gasteiger charge is 1.93. The minimum Gasteiger partial charge on any atom is -0.342 e. The second-order valence-electron chi connectivity index (χ2n) is 0.762. The summed E-state index contributed by atoms with van der Waals surface area (Å²) in [6.45, 7) is 0. The third-order valence-electron chi connectivity index (χ3n) is 0.300. The van der Waals surface area contributed by atoms with E-state index < -0.39 is 8.03 Å². The quantitative estimate of drug-likeness (QED) is 0.594. The molecule has 2 nitrogen and oxygen atoms in total. The third-order valence-corrected chi connectivity index (χ3v) is 1.96. The van der Waals surface area contributed by atoms with Crippen molar-refractivity contribution >= 4 is 31.2 Å². The molecule has 1 N–H and O–H groups in total. The van der Waals surface area contributed by atoms with Crippen LogP contribution in [0.4, 0.5) is 0 Å². The topological polar surface area (TPSA) is 37.3 Å². The minimum absolute atomic E-state index is 0.188. The predicted molar refractivity (Wildman–Crippen MR) is 31.0 cm³/mol. The predicted octanol–water partition coefficient (Wildman–Crippen LogP) is 1.73.